The zero-order valence-corrected chi connectivity index (χ0v) is 16.6. The van der Waals surface area contributed by atoms with Gasteiger partial charge in [-0.15, -0.1) is 0 Å². The van der Waals surface area contributed by atoms with Gasteiger partial charge in [0.15, 0.2) is 11.7 Å². The van der Waals surface area contributed by atoms with Crippen molar-refractivity contribution in [2.75, 3.05) is 11.9 Å². The Labute approximate surface area is 173 Å². The van der Waals surface area contributed by atoms with Crippen LogP contribution in [-0.2, 0) is 16.0 Å². The highest BCUT2D eigenvalue weighted by Crippen LogP contribution is 2.24. The molecular formula is C20H16BrF2N3O3. The standard InChI is InChI=1S/C20H16BrF2N3O3/c21-14-3-1-2-4-16(14)26-19(28)11-24-18(27)7-8-20-25-10-17(29-20)13-6-5-12(22)9-15(13)23/h1-6,9-10H,7-8,11H2,(H,24,27)(H,26,28). The minimum absolute atomic E-state index is 0.0359. The third-order valence-corrected chi connectivity index (χ3v) is 4.60. The molecule has 1 aromatic heterocycles. The van der Waals surface area contributed by atoms with Crippen molar-refractivity contribution in [3.05, 3.63) is 70.7 Å². The Morgan fingerprint density at radius 1 is 1.10 bits per heavy atom. The van der Waals surface area contributed by atoms with Crippen LogP contribution in [0.5, 0.6) is 0 Å². The lowest BCUT2D eigenvalue weighted by Gasteiger charge is -2.08. The van der Waals surface area contributed by atoms with Gasteiger partial charge in [0, 0.05) is 23.4 Å². The molecule has 0 bridgehead atoms. The molecular weight excluding hydrogens is 448 g/mol. The van der Waals surface area contributed by atoms with E-state index in [1.807, 2.05) is 6.07 Å². The van der Waals surface area contributed by atoms with E-state index in [1.54, 1.807) is 18.2 Å². The molecule has 0 aliphatic rings. The van der Waals surface area contributed by atoms with Gasteiger partial charge in [-0.05, 0) is 40.2 Å². The minimum atomic E-state index is -0.762. The topological polar surface area (TPSA) is 84.2 Å². The number of hydrogen-bond donors (Lipinski definition) is 2. The number of nitrogens with one attached hydrogen (secondary N) is 2. The van der Waals surface area contributed by atoms with Gasteiger partial charge in [0.05, 0.1) is 24.0 Å². The van der Waals surface area contributed by atoms with Gasteiger partial charge in [-0.3, -0.25) is 9.59 Å². The van der Waals surface area contributed by atoms with E-state index in [1.165, 1.54) is 12.3 Å². The van der Waals surface area contributed by atoms with Crippen LogP contribution in [0, 0.1) is 11.6 Å². The monoisotopic (exact) mass is 463 g/mol. The summed E-state index contributed by atoms with van der Waals surface area (Å²) in [5.41, 5.74) is 0.686. The third kappa shape index (κ3) is 5.71. The summed E-state index contributed by atoms with van der Waals surface area (Å²) in [5, 5.41) is 5.19. The Balaban J connectivity index is 1.47. The van der Waals surface area contributed by atoms with E-state index in [-0.39, 0.29) is 48.4 Å². The van der Waals surface area contributed by atoms with Gasteiger partial charge in [0.25, 0.3) is 0 Å². The molecule has 0 spiro atoms. The summed E-state index contributed by atoms with van der Waals surface area (Å²) >= 11 is 3.32. The van der Waals surface area contributed by atoms with Crippen molar-refractivity contribution in [2.45, 2.75) is 12.8 Å². The van der Waals surface area contributed by atoms with Gasteiger partial charge >= 0.3 is 0 Å². The summed E-state index contributed by atoms with van der Waals surface area (Å²) in [6.45, 7) is -0.183. The normalized spacial score (nSPS) is 10.6. The molecule has 0 aliphatic carbocycles. The lowest BCUT2D eigenvalue weighted by Crippen LogP contribution is -2.33. The molecule has 2 aromatic carbocycles. The zero-order chi connectivity index (χ0) is 20.8. The van der Waals surface area contributed by atoms with Crippen molar-refractivity contribution in [2.24, 2.45) is 0 Å². The predicted octanol–water partition coefficient (Wildman–Crippen LogP) is 4.07. The van der Waals surface area contributed by atoms with Gasteiger partial charge < -0.3 is 15.1 Å². The number of rotatable bonds is 7. The second kappa shape index (κ2) is 9.42. The fraction of sp³-hybridized carbons (Fsp3) is 0.150. The highest BCUT2D eigenvalue weighted by molar-refractivity contribution is 9.10. The SMILES string of the molecule is O=C(CCc1ncc(-c2ccc(F)cc2F)o1)NCC(=O)Nc1ccccc1Br. The van der Waals surface area contributed by atoms with Crippen molar-refractivity contribution in [1.82, 2.24) is 10.3 Å². The summed E-state index contributed by atoms with van der Waals surface area (Å²) in [4.78, 5) is 27.9. The molecule has 6 nitrogen and oxygen atoms in total. The number of carbonyl (C=O) groups excluding carboxylic acids is 2. The first-order valence-electron chi connectivity index (χ1n) is 8.63. The number of anilines is 1. The molecule has 0 fully saturated rings. The molecule has 0 atom stereocenters. The van der Waals surface area contributed by atoms with Gasteiger partial charge in [0.2, 0.25) is 11.8 Å². The number of hydrogen-bond acceptors (Lipinski definition) is 4. The highest BCUT2D eigenvalue weighted by atomic mass is 79.9. The first kappa shape index (κ1) is 20.7. The van der Waals surface area contributed by atoms with Crippen molar-refractivity contribution >= 4 is 33.4 Å². The third-order valence-electron chi connectivity index (χ3n) is 3.91. The van der Waals surface area contributed by atoms with E-state index < -0.39 is 11.6 Å². The number of carbonyl (C=O) groups is 2. The Morgan fingerprint density at radius 2 is 1.90 bits per heavy atom. The highest BCUT2D eigenvalue weighted by Gasteiger charge is 2.13. The maximum atomic E-state index is 13.8. The molecule has 2 amide bonds. The Morgan fingerprint density at radius 3 is 2.66 bits per heavy atom. The maximum absolute atomic E-state index is 13.8. The molecule has 150 valence electrons. The first-order chi connectivity index (χ1) is 13.9. The van der Waals surface area contributed by atoms with E-state index >= 15 is 0 Å². The van der Waals surface area contributed by atoms with E-state index in [2.05, 4.69) is 31.5 Å². The molecule has 29 heavy (non-hydrogen) atoms. The van der Waals surface area contributed by atoms with Crippen LogP contribution in [0.2, 0.25) is 0 Å². The van der Waals surface area contributed by atoms with Crippen LogP contribution in [0.15, 0.2) is 57.6 Å². The van der Waals surface area contributed by atoms with Gasteiger partial charge in [-0.1, -0.05) is 12.1 Å². The molecule has 0 radical (unpaired) electrons. The molecule has 3 aromatic rings. The molecule has 2 N–H and O–H groups in total. The van der Waals surface area contributed by atoms with Crippen LogP contribution in [0.4, 0.5) is 14.5 Å². The average Bonchev–Trinajstić information content (AvgIpc) is 3.15. The van der Waals surface area contributed by atoms with E-state index in [0.717, 1.165) is 16.6 Å². The smallest absolute Gasteiger partial charge is 0.243 e. The quantitative estimate of drug-likeness (QED) is 0.552. The Kier molecular flexibility index (Phi) is 6.71. The summed E-state index contributed by atoms with van der Waals surface area (Å²) in [7, 11) is 0. The number of nitrogens with zero attached hydrogens (tertiary/aromatic N) is 1. The number of benzene rings is 2. The average molecular weight is 464 g/mol. The molecule has 3 rings (SSSR count). The van der Waals surface area contributed by atoms with Gasteiger partial charge in [-0.25, -0.2) is 13.8 Å². The summed E-state index contributed by atoms with van der Waals surface area (Å²) in [5.74, 6) is -1.80. The fourth-order valence-electron chi connectivity index (χ4n) is 2.48. The van der Waals surface area contributed by atoms with Crippen LogP contribution in [0.1, 0.15) is 12.3 Å². The summed E-state index contributed by atoms with van der Waals surface area (Å²) < 4.78 is 32.9. The van der Waals surface area contributed by atoms with E-state index in [0.29, 0.717) is 5.69 Å². The second-order valence-corrected chi connectivity index (χ2v) is 6.90. The van der Waals surface area contributed by atoms with Crippen molar-refractivity contribution < 1.29 is 22.8 Å². The Bertz CT molecular complexity index is 1040. The maximum Gasteiger partial charge on any atom is 0.243 e. The van der Waals surface area contributed by atoms with Gasteiger partial charge in [0.1, 0.15) is 11.6 Å². The molecule has 0 unspecified atom stereocenters. The van der Waals surface area contributed by atoms with E-state index in [4.69, 9.17) is 4.42 Å². The number of para-hydroxylation sites is 1. The largest absolute Gasteiger partial charge is 0.441 e. The number of aromatic nitrogens is 1. The number of oxazole rings is 1. The van der Waals surface area contributed by atoms with Crippen molar-refractivity contribution in [3.63, 3.8) is 0 Å². The lowest BCUT2D eigenvalue weighted by atomic mass is 10.2. The molecule has 9 heteroatoms. The molecule has 0 saturated carbocycles. The van der Waals surface area contributed by atoms with Crippen LogP contribution in [-0.4, -0.2) is 23.3 Å². The van der Waals surface area contributed by atoms with Gasteiger partial charge in [-0.2, -0.15) is 0 Å². The molecule has 1 heterocycles. The molecule has 0 aliphatic heterocycles. The zero-order valence-electron chi connectivity index (χ0n) is 15.0. The predicted molar refractivity (Wildman–Crippen MR) is 106 cm³/mol. The summed E-state index contributed by atoms with van der Waals surface area (Å²) in [6, 6.07) is 10.2. The van der Waals surface area contributed by atoms with Crippen LogP contribution < -0.4 is 10.6 Å². The fourth-order valence-corrected chi connectivity index (χ4v) is 2.87. The van der Waals surface area contributed by atoms with Crippen molar-refractivity contribution in [1.29, 1.82) is 0 Å². The van der Waals surface area contributed by atoms with Crippen LogP contribution >= 0.6 is 15.9 Å². The second-order valence-electron chi connectivity index (χ2n) is 6.05. The minimum Gasteiger partial charge on any atom is -0.441 e. The lowest BCUT2D eigenvalue weighted by molar-refractivity contribution is -0.124. The first-order valence-corrected chi connectivity index (χ1v) is 9.43. The number of aryl methyl sites for hydroxylation is 1. The van der Waals surface area contributed by atoms with Crippen molar-refractivity contribution in [3.8, 4) is 11.3 Å². The van der Waals surface area contributed by atoms with E-state index in [9.17, 15) is 18.4 Å². The van der Waals surface area contributed by atoms with Crippen LogP contribution in [0.25, 0.3) is 11.3 Å². The summed E-state index contributed by atoms with van der Waals surface area (Å²) in [6.07, 6.45) is 1.52. The van der Waals surface area contributed by atoms with Crippen LogP contribution in [0.3, 0.4) is 0 Å². The Hall–Kier alpha value is -3.07. The molecule has 0 saturated heterocycles. The number of amides is 2. The number of halogens is 3.